The van der Waals surface area contributed by atoms with Crippen molar-refractivity contribution in [3.05, 3.63) is 47.5 Å². The zero-order chi connectivity index (χ0) is 16.7. The van der Waals surface area contributed by atoms with Gasteiger partial charge in [0.2, 0.25) is 0 Å². The van der Waals surface area contributed by atoms with Gasteiger partial charge in [-0.05, 0) is 12.1 Å². The maximum atomic E-state index is 14.1. The molecule has 0 bridgehead atoms. The van der Waals surface area contributed by atoms with Crippen molar-refractivity contribution in [3.8, 4) is 0 Å². The van der Waals surface area contributed by atoms with Crippen LogP contribution in [0.1, 0.15) is 10.5 Å². The molecule has 0 radical (unpaired) electrons. The van der Waals surface area contributed by atoms with Gasteiger partial charge in [-0.2, -0.15) is 0 Å². The van der Waals surface area contributed by atoms with Gasteiger partial charge in [0.15, 0.2) is 27.3 Å². The fourth-order valence-electron chi connectivity index (χ4n) is 1.85. The highest BCUT2D eigenvalue weighted by Crippen LogP contribution is 2.21. The van der Waals surface area contributed by atoms with Crippen LogP contribution < -0.4 is 5.32 Å². The highest BCUT2D eigenvalue weighted by Gasteiger charge is 2.26. The van der Waals surface area contributed by atoms with E-state index in [1.54, 1.807) is 0 Å². The molecule has 0 aliphatic carbocycles. The maximum absolute atomic E-state index is 14.1. The first-order valence-electron chi connectivity index (χ1n) is 5.92. The molecule has 0 aliphatic heterocycles. The molecule has 2 rings (SSSR count). The molecule has 1 aromatic carbocycles. The minimum Gasteiger partial charge on any atom is -0.343 e. The summed E-state index contributed by atoms with van der Waals surface area (Å²) in [6.45, 7) is 0. The fraction of sp³-hybridized carbons (Fsp3) is 0.154. The number of sulfone groups is 1. The zero-order valence-corrected chi connectivity index (χ0v) is 12.3. The van der Waals surface area contributed by atoms with E-state index in [0.29, 0.717) is 0 Å². The monoisotopic (exact) mass is 332 g/mol. The number of nitrogens with zero attached hydrogens (tertiary/aromatic N) is 1. The number of halogens is 3. The van der Waals surface area contributed by atoms with Gasteiger partial charge < -0.3 is 9.88 Å². The Morgan fingerprint density at radius 2 is 1.82 bits per heavy atom. The van der Waals surface area contributed by atoms with Crippen molar-refractivity contribution in [1.29, 1.82) is 0 Å². The average Bonchev–Trinajstić information content (AvgIpc) is 2.69. The van der Waals surface area contributed by atoms with Gasteiger partial charge in [0.25, 0.3) is 5.91 Å². The average molecular weight is 332 g/mol. The van der Waals surface area contributed by atoms with Gasteiger partial charge in [-0.3, -0.25) is 4.79 Å². The highest BCUT2D eigenvalue weighted by molar-refractivity contribution is 7.90. The predicted octanol–water partition coefficient (Wildman–Crippen LogP) is 2.10. The van der Waals surface area contributed by atoms with Gasteiger partial charge in [0.1, 0.15) is 10.6 Å². The number of hydrogen-bond acceptors (Lipinski definition) is 3. The summed E-state index contributed by atoms with van der Waals surface area (Å²) >= 11 is 0. The maximum Gasteiger partial charge on any atom is 0.275 e. The Bertz CT molecular complexity index is 860. The first-order valence-corrected chi connectivity index (χ1v) is 7.81. The number of aryl methyl sites for hydroxylation is 1. The van der Waals surface area contributed by atoms with Crippen molar-refractivity contribution in [1.82, 2.24) is 4.57 Å². The van der Waals surface area contributed by atoms with Crippen LogP contribution in [0.25, 0.3) is 0 Å². The van der Waals surface area contributed by atoms with Gasteiger partial charge in [-0.15, -0.1) is 0 Å². The Kier molecular flexibility index (Phi) is 4.01. The Morgan fingerprint density at radius 1 is 1.18 bits per heavy atom. The molecule has 5 nitrogen and oxygen atoms in total. The van der Waals surface area contributed by atoms with Crippen LogP contribution >= 0.6 is 0 Å². The second-order valence-corrected chi connectivity index (χ2v) is 6.61. The van der Waals surface area contributed by atoms with Gasteiger partial charge in [0.05, 0.1) is 0 Å². The lowest BCUT2D eigenvalue weighted by molar-refractivity contribution is 0.101. The Labute approximate surface area is 124 Å². The predicted molar refractivity (Wildman–Crippen MR) is 72.8 cm³/mol. The summed E-state index contributed by atoms with van der Waals surface area (Å²) in [4.78, 5) is 11.4. The molecule has 0 spiro atoms. The van der Waals surface area contributed by atoms with Crippen molar-refractivity contribution < 1.29 is 26.4 Å². The number of carbonyl (C=O) groups excluding carboxylic acids is 1. The van der Waals surface area contributed by atoms with E-state index in [1.807, 2.05) is 0 Å². The second kappa shape index (κ2) is 5.48. The largest absolute Gasteiger partial charge is 0.343 e. The zero-order valence-electron chi connectivity index (χ0n) is 11.5. The highest BCUT2D eigenvalue weighted by atomic mass is 32.2. The molecule has 0 atom stereocenters. The molecule has 0 aliphatic rings. The standard InChI is InChI=1S/C13H11F3N2O3S/c1-18-6-10(22(2,20)21)11(16)12(18)13(19)17-7-3-4-8(14)9(15)5-7/h3-6H,1-2H3,(H,17,19). The Hall–Kier alpha value is -2.29. The lowest BCUT2D eigenvalue weighted by atomic mass is 10.3. The third-order valence-electron chi connectivity index (χ3n) is 2.88. The van der Waals surface area contributed by atoms with E-state index >= 15 is 0 Å². The summed E-state index contributed by atoms with van der Waals surface area (Å²) < 4.78 is 63.8. The molecular weight excluding hydrogens is 321 g/mol. The second-order valence-electron chi connectivity index (χ2n) is 4.62. The number of benzene rings is 1. The molecular formula is C13H11F3N2O3S. The number of nitrogens with one attached hydrogen (secondary N) is 1. The molecule has 0 saturated heterocycles. The molecule has 0 unspecified atom stereocenters. The van der Waals surface area contributed by atoms with Gasteiger partial charge in [-0.25, -0.2) is 21.6 Å². The summed E-state index contributed by atoms with van der Waals surface area (Å²) in [6.07, 6.45) is 1.77. The van der Waals surface area contributed by atoms with Gasteiger partial charge in [-0.1, -0.05) is 0 Å². The van der Waals surface area contributed by atoms with Crippen LogP contribution in [-0.2, 0) is 16.9 Å². The Morgan fingerprint density at radius 3 is 2.32 bits per heavy atom. The minimum absolute atomic E-state index is 0.0922. The summed E-state index contributed by atoms with van der Waals surface area (Å²) in [5.41, 5.74) is -0.629. The van der Waals surface area contributed by atoms with E-state index in [1.165, 1.54) is 7.05 Å². The number of hydrogen-bond donors (Lipinski definition) is 1. The van der Waals surface area contributed by atoms with Crippen molar-refractivity contribution in [3.63, 3.8) is 0 Å². The van der Waals surface area contributed by atoms with E-state index < -0.39 is 43.8 Å². The van der Waals surface area contributed by atoms with Gasteiger partial charge >= 0.3 is 0 Å². The number of amides is 1. The summed E-state index contributed by atoms with van der Waals surface area (Å²) in [6, 6.07) is 2.62. The lowest BCUT2D eigenvalue weighted by Gasteiger charge is -2.06. The van der Waals surface area contributed by atoms with Crippen LogP contribution in [0.3, 0.4) is 0 Å². The number of anilines is 1. The first-order chi connectivity index (χ1) is 10.1. The molecule has 9 heteroatoms. The third kappa shape index (κ3) is 2.98. The molecule has 2 aromatic rings. The van der Waals surface area contributed by atoms with E-state index in [9.17, 15) is 26.4 Å². The first kappa shape index (κ1) is 16.1. The molecule has 1 amide bonds. The third-order valence-corrected chi connectivity index (χ3v) is 3.96. The SMILES string of the molecule is Cn1cc(S(C)(=O)=O)c(F)c1C(=O)Nc1ccc(F)c(F)c1. The van der Waals surface area contributed by atoms with Crippen molar-refractivity contribution in [2.45, 2.75) is 4.90 Å². The number of rotatable bonds is 3. The van der Waals surface area contributed by atoms with E-state index in [0.717, 1.165) is 35.2 Å². The van der Waals surface area contributed by atoms with Crippen LogP contribution in [0.4, 0.5) is 18.9 Å². The van der Waals surface area contributed by atoms with E-state index in [2.05, 4.69) is 5.32 Å². The molecule has 22 heavy (non-hydrogen) atoms. The summed E-state index contributed by atoms with van der Waals surface area (Å²) in [5, 5.41) is 2.17. The van der Waals surface area contributed by atoms with Crippen LogP contribution in [-0.4, -0.2) is 25.1 Å². The topological polar surface area (TPSA) is 68.2 Å². The normalized spacial score (nSPS) is 11.5. The molecule has 0 saturated carbocycles. The van der Waals surface area contributed by atoms with Crippen LogP contribution in [0.15, 0.2) is 29.3 Å². The summed E-state index contributed by atoms with van der Waals surface area (Å²) in [5.74, 6) is -4.46. The quantitative estimate of drug-likeness (QED) is 0.936. The number of aromatic nitrogens is 1. The lowest BCUT2D eigenvalue weighted by Crippen LogP contribution is -2.17. The minimum atomic E-state index is -3.84. The fourth-order valence-corrected chi connectivity index (χ4v) is 2.62. The summed E-state index contributed by atoms with van der Waals surface area (Å²) in [7, 11) is -2.55. The van der Waals surface area contributed by atoms with E-state index in [4.69, 9.17) is 0 Å². The molecule has 1 heterocycles. The van der Waals surface area contributed by atoms with Crippen LogP contribution in [0.5, 0.6) is 0 Å². The van der Waals surface area contributed by atoms with Crippen LogP contribution in [0, 0.1) is 17.5 Å². The van der Waals surface area contributed by atoms with Gasteiger partial charge in [0, 0.05) is 31.3 Å². The van der Waals surface area contributed by atoms with Crippen molar-refractivity contribution >= 4 is 21.4 Å². The van der Waals surface area contributed by atoms with E-state index in [-0.39, 0.29) is 5.69 Å². The smallest absolute Gasteiger partial charge is 0.275 e. The Balaban J connectivity index is 2.38. The number of carbonyl (C=O) groups is 1. The molecule has 1 aromatic heterocycles. The van der Waals surface area contributed by atoms with Crippen molar-refractivity contribution in [2.75, 3.05) is 11.6 Å². The molecule has 118 valence electrons. The van der Waals surface area contributed by atoms with Crippen LogP contribution in [0.2, 0.25) is 0 Å². The molecule has 1 N–H and O–H groups in total. The van der Waals surface area contributed by atoms with Crippen molar-refractivity contribution in [2.24, 2.45) is 7.05 Å². The molecule has 0 fully saturated rings.